The molecule has 3 heteroatoms. The van der Waals surface area contributed by atoms with Gasteiger partial charge in [-0.1, -0.05) is 29.8 Å². The summed E-state index contributed by atoms with van der Waals surface area (Å²) in [5.74, 6) is -0.0735. The van der Waals surface area contributed by atoms with Crippen molar-refractivity contribution in [3.8, 4) is 0 Å². The van der Waals surface area contributed by atoms with Crippen molar-refractivity contribution in [3.63, 3.8) is 0 Å². The molecule has 0 atom stereocenters. The number of hydrogen-bond donors (Lipinski definition) is 0. The molecular weight excluding hydrogens is 393 g/mol. The molecule has 0 saturated carbocycles. The summed E-state index contributed by atoms with van der Waals surface area (Å²) in [5, 5.41) is 3.77. The molecule has 2 rings (SSSR count). The average Bonchev–Trinajstić information content (AvgIpc) is 2.34. The van der Waals surface area contributed by atoms with Gasteiger partial charge in [0.2, 0.25) is 0 Å². The van der Waals surface area contributed by atoms with Crippen LogP contribution >= 0.6 is 0 Å². The molecule has 52 valence electrons. The minimum atomic E-state index is -0.0735. The third-order valence-electron chi connectivity index (χ3n) is 1.64. The fraction of sp³-hybridized carbons (Fsp3) is 0.125. The third kappa shape index (κ3) is 0.796. The maximum atomic E-state index is 10.9. The second-order valence-electron chi connectivity index (χ2n) is 2.28. The van der Waals surface area contributed by atoms with Gasteiger partial charge < -0.3 is 10.1 Å². The van der Waals surface area contributed by atoms with E-state index in [4.69, 9.17) is 0 Å². The SMILES string of the molecule is O=C1[N-]Cc2ccccc21.[Rf]. The van der Waals surface area contributed by atoms with Crippen molar-refractivity contribution in [1.29, 1.82) is 0 Å². The second kappa shape index (κ2) is 2.14. The van der Waals surface area contributed by atoms with Crippen LogP contribution in [0, 0.1) is 0 Å². The molecule has 0 bridgehead atoms. The quantitative estimate of drug-likeness (QED) is 0.654. The molecule has 0 fully saturated rings. The van der Waals surface area contributed by atoms with Crippen LogP contribution in [0.15, 0.2) is 24.3 Å². The molecule has 0 aromatic heterocycles. The summed E-state index contributed by atoms with van der Waals surface area (Å²) in [7, 11) is 0. The average molecular weight is 399 g/mol. The zero-order valence-electron chi connectivity index (χ0n) is 6.08. The van der Waals surface area contributed by atoms with E-state index in [-0.39, 0.29) is 5.91 Å². The Morgan fingerprint density at radius 1 is 1.27 bits per heavy atom. The van der Waals surface area contributed by atoms with E-state index in [9.17, 15) is 4.79 Å². The van der Waals surface area contributed by atoms with Gasteiger partial charge in [0.25, 0.3) is 0 Å². The van der Waals surface area contributed by atoms with Crippen LogP contribution in [0.25, 0.3) is 5.32 Å². The van der Waals surface area contributed by atoms with E-state index in [0.717, 1.165) is 11.1 Å². The molecule has 0 unspecified atom stereocenters. The van der Waals surface area contributed by atoms with Gasteiger partial charge in [-0.15, -0.1) is 6.54 Å². The zero-order valence-corrected chi connectivity index (χ0v) is 12.5. The Hall–Kier alpha value is -2.31. The molecule has 1 heterocycles. The van der Waals surface area contributed by atoms with E-state index in [1.807, 2.05) is 24.3 Å². The molecule has 0 N–H and O–H groups in total. The Labute approximate surface area is 58.9 Å². The number of fused-ring (bicyclic) bond motifs is 1. The van der Waals surface area contributed by atoms with Gasteiger partial charge in [0, 0.05) is 5.56 Å². The predicted octanol–water partition coefficient (Wildman–Crippen LogP) is 1.71. The summed E-state index contributed by atoms with van der Waals surface area (Å²) in [6.45, 7) is 0.564. The molecule has 1 amide bonds. The smallest absolute Gasteiger partial charge is 0.0824 e. The first-order chi connectivity index (χ1) is 4.88. The molecular formula is C8H6NORf-. The molecule has 1 aliphatic rings. The number of rotatable bonds is 0. The maximum absolute atomic E-state index is 10.9. The van der Waals surface area contributed by atoms with Crippen molar-refractivity contribution in [2.24, 2.45) is 0 Å². The summed E-state index contributed by atoms with van der Waals surface area (Å²) in [5.41, 5.74) is 1.81. The van der Waals surface area contributed by atoms with Gasteiger partial charge in [0.1, 0.15) is 0 Å². The number of carbonyl (C=O) groups excluding carboxylic acids is 1. The van der Waals surface area contributed by atoms with E-state index in [1.54, 1.807) is 0 Å². The Balaban J connectivity index is 0.000000605. The Bertz CT molecular complexity index is 285. The second-order valence-corrected chi connectivity index (χ2v) is 2.28. The van der Waals surface area contributed by atoms with E-state index >= 15 is 0 Å². The van der Waals surface area contributed by atoms with Gasteiger partial charge in [0.15, 0.2) is 0 Å². The van der Waals surface area contributed by atoms with E-state index in [2.05, 4.69) is 5.32 Å². The van der Waals surface area contributed by atoms with Crippen LogP contribution in [0.3, 0.4) is 0 Å². The monoisotopic (exact) mass is 399 g/mol. The van der Waals surface area contributed by atoms with Gasteiger partial charge in [0.05, 0.1) is 5.91 Å². The molecule has 1 aliphatic heterocycles. The minimum absolute atomic E-state index is 0. The fourth-order valence-corrected chi connectivity index (χ4v) is 1.11. The van der Waals surface area contributed by atoms with Crippen molar-refractivity contribution < 1.29 is 4.79 Å². The molecule has 0 spiro atoms. The minimum Gasteiger partial charge on any atom is -0.645 e. The van der Waals surface area contributed by atoms with Crippen LogP contribution in [-0.4, -0.2) is 5.91 Å². The first-order valence-electron chi connectivity index (χ1n) is 3.17. The first kappa shape index (κ1) is 6.81. The molecule has 0 saturated heterocycles. The topological polar surface area (TPSA) is 31.2 Å². The third-order valence-corrected chi connectivity index (χ3v) is 1.64. The van der Waals surface area contributed by atoms with Gasteiger partial charge in [-0.25, -0.2) is 0 Å². The van der Waals surface area contributed by atoms with Crippen LogP contribution in [0.2, 0.25) is 0 Å². The van der Waals surface area contributed by atoms with Gasteiger partial charge >= 0.3 is 0 Å². The first-order valence-corrected chi connectivity index (χ1v) is 3.17. The number of amides is 1. The van der Waals surface area contributed by atoms with Gasteiger partial charge in [-0.2, -0.15) is 0 Å². The summed E-state index contributed by atoms with van der Waals surface area (Å²) in [4.78, 5) is 10.9. The maximum Gasteiger partial charge on any atom is 0.0824 e. The largest absolute Gasteiger partial charge is 0.645 e. The normalized spacial score (nSPS) is 13.3. The molecule has 0 aliphatic carbocycles. The van der Waals surface area contributed by atoms with Crippen molar-refractivity contribution >= 4 is 5.91 Å². The standard InChI is InChI=1S/C8H7NO.Rf/c10-8-7-4-2-1-3-6(7)5-9-8;/h1-4H,5H2,(H,9,10);/p-1. The fourth-order valence-electron chi connectivity index (χ4n) is 1.11. The van der Waals surface area contributed by atoms with Crippen molar-refractivity contribution in [1.82, 2.24) is 0 Å². The van der Waals surface area contributed by atoms with E-state index in [1.165, 1.54) is 0 Å². The van der Waals surface area contributed by atoms with Crippen LogP contribution in [0.4, 0.5) is 0 Å². The zero-order chi connectivity index (χ0) is 6.97. The molecule has 2 nitrogen and oxygen atoms in total. The van der Waals surface area contributed by atoms with Crippen molar-refractivity contribution in [2.75, 3.05) is 0 Å². The number of carbonyl (C=O) groups is 1. The van der Waals surface area contributed by atoms with E-state index in [0.29, 0.717) is 6.54 Å². The van der Waals surface area contributed by atoms with Crippen LogP contribution in [-0.2, 0) is 6.54 Å². The Morgan fingerprint density at radius 3 is 2.73 bits per heavy atom. The number of nitrogens with zero attached hydrogens (tertiary/aromatic N) is 1. The van der Waals surface area contributed by atoms with Crippen LogP contribution in [0.1, 0.15) is 15.9 Å². The van der Waals surface area contributed by atoms with Crippen LogP contribution < -0.4 is 0 Å². The summed E-state index contributed by atoms with van der Waals surface area (Å²) in [6.07, 6.45) is 0. The predicted molar refractivity (Wildman–Crippen MR) is 37.8 cm³/mol. The summed E-state index contributed by atoms with van der Waals surface area (Å²) < 4.78 is 0. The van der Waals surface area contributed by atoms with Gasteiger partial charge in [-0.05, 0) is 0 Å². The molecule has 11 heavy (non-hydrogen) atoms. The molecule has 0 radical (unpaired) electrons. The molecule has 1 aromatic carbocycles. The van der Waals surface area contributed by atoms with Crippen molar-refractivity contribution in [3.05, 3.63) is 40.7 Å². The number of hydrogen-bond acceptors (Lipinski definition) is 1. The van der Waals surface area contributed by atoms with Crippen molar-refractivity contribution in [2.45, 2.75) is 6.54 Å². The Morgan fingerprint density at radius 2 is 2.00 bits per heavy atom. The van der Waals surface area contributed by atoms with Gasteiger partial charge in [-0.3, -0.25) is 0 Å². The Kier molecular flexibility index (Phi) is 1.32. The van der Waals surface area contributed by atoms with Crippen LogP contribution in [0.5, 0.6) is 0 Å². The molecule has 1 aromatic rings. The number of benzene rings is 1. The summed E-state index contributed by atoms with van der Waals surface area (Å²) in [6, 6.07) is 7.53. The van der Waals surface area contributed by atoms with E-state index < -0.39 is 0 Å². The summed E-state index contributed by atoms with van der Waals surface area (Å²) >= 11 is 0.